The Kier molecular flexibility index (Phi) is 5.79. The molecule has 11 heteroatoms. The van der Waals surface area contributed by atoms with E-state index in [-0.39, 0.29) is 5.82 Å². The van der Waals surface area contributed by atoms with Gasteiger partial charge in [0, 0.05) is 24.0 Å². The average Bonchev–Trinajstić information content (AvgIpc) is 2.96. The van der Waals surface area contributed by atoms with E-state index < -0.39 is 40.3 Å². The van der Waals surface area contributed by atoms with Gasteiger partial charge in [0.25, 0.3) is 5.91 Å². The number of aliphatic hydroxyl groups excluding tert-OH is 2. The van der Waals surface area contributed by atoms with Crippen molar-refractivity contribution in [3.63, 3.8) is 0 Å². The summed E-state index contributed by atoms with van der Waals surface area (Å²) in [4.78, 5) is 28.8. The minimum Gasteiger partial charge on any atom is -0.394 e. The summed E-state index contributed by atoms with van der Waals surface area (Å²) in [5.74, 6) is -0.415. The lowest BCUT2D eigenvalue weighted by molar-refractivity contribution is -0.0499. The number of alkyl halides is 2. The van der Waals surface area contributed by atoms with Crippen LogP contribution in [0.1, 0.15) is 28.6 Å². The van der Waals surface area contributed by atoms with Crippen LogP contribution in [-0.4, -0.2) is 54.7 Å². The molecular weight excluding hydrogens is 510 g/mol. The smallest absolute Gasteiger partial charge is 0.351 e. The molecule has 2 aliphatic heterocycles. The number of carbonyl (C=O) groups is 1. The van der Waals surface area contributed by atoms with Gasteiger partial charge in [-0.1, -0.05) is 0 Å². The highest BCUT2D eigenvalue weighted by Crippen LogP contribution is 2.45. The molecular formula is C19H20FIN4O5. The number of ether oxygens (including phenoxy) is 1. The minimum absolute atomic E-state index is 0.00673. The number of halogens is 2. The Morgan fingerprint density at radius 3 is 2.97 bits per heavy atom. The molecule has 1 fully saturated rings. The van der Waals surface area contributed by atoms with Crippen molar-refractivity contribution >= 4 is 40.0 Å². The van der Waals surface area contributed by atoms with Crippen molar-refractivity contribution in [2.24, 2.45) is 0 Å². The molecule has 0 spiro atoms. The molecule has 4 N–H and O–H groups in total. The monoisotopic (exact) mass is 530 g/mol. The SMILES string of the molecule is O=C(Nc1ccn(C2O[C@H](CO)[C@@H](O)C2(F)I)c(=O)n1)c1ccc2c(c1)CCCN2. The highest BCUT2D eigenvalue weighted by molar-refractivity contribution is 14.1. The number of hydrogen-bond acceptors (Lipinski definition) is 7. The van der Waals surface area contributed by atoms with Crippen LogP contribution < -0.4 is 16.3 Å². The van der Waals surface area contributed by atoms with E-state index in [0.29, 0.717) is 5.56 Å². The van der Waals surface area contributed by atoms with Crippen molar-refractivity contribution < 1.29 is 24.1 Å². The van der Waals surface area contributed by atoms with E-state index in [1.54, 1.807) is 12.1 Å². The van der Waals surface area contributed by atoms with E-state index in [4.69, 9.17) is 4.74 Å². The Labute approximate surface area is 184 Å². The Bertz CT molecular complexity index is 1030. The summed E-state index contributed by atoms with van der Waals surface area (Å²) in [6, 6.07) is 6.67. The summed E-state index contributed by atoms with van der Waals surface area (Å²) in [6.45, 7) is 0.301. The molecule has 4 rings (SSSR count). The van der Waals surface area contributed by atoms with Crippen molar-refractivity contribution in [2.75, 3.05) is 23.8 Å². The van der Waals surface area contributed by atoms with Crippen LogP contribution in [0.4, 0.5) is 15.9 Å². The van der Waals surface area contributed by atoms with Gasteiger partial charge in [-0.15, -0.1) is 0 Å². The highest BCUT2D eigenvalue weighted by Gasteiger charge is 2.56. The lowest BCUT2D eigenvalue weighted by atomic mass is 10.0. The van der Waals surface area contributed by atoms with Crippen molar-refractivity contribution in [2.45, 2.75) is 35.0 Å². The van der Waals surface area contributed by atoms with Crippen LogP contribution in [0.5, 0.6) is 0 Å². The molecule has 1 saturated heterocycles. The van der Waals surface area contributed by atoms with E-state index >= 15 is 0 Å². The minimum atomic E-state index is -2.33. The molecule has 2 aromatic rings. The van der Waals surface area contributed by atoms with E-state index in [0.717, 1.165) is 35.2 Å². The first-order valence-corrected chi connectivity index (χ1v) is 10.5. The lowest BCUT2D eigenvalue weighted by Crippen LogP contribution is -2.40. The molecule has 9 nitrogen and oxygen atoms in total. The number of nitrogens with one attached hydrogen (secondary N) is 2. The second-order valence-electron chi connectivity index (χ2n) is 7.19. The van der Waals surface area contributed by atoms with Gasteiger partial charge in [0.15, 0.2) is 6.23 Å². The number of anilines is 2. The van der Waals surface area contributed by atoms with Crippen LogP contribution in [0.15, 0.2) is 35.3 Å². The van der Waals surface area contributed by atoms with Crippen LogP contribution in [0.2, 0.25) is 0 Å². The molecule has 2 unspecified atom stereocenters. The van der Waals surface area contributed by atoms with Crippen LogP contribution in [0, 0.1) is 0 Å². The molecule has 0 saturated carbocycles. The zero-order valence-electron chi connectivity index (χ0n) is 15.7. The van der Waals surface area contributed by atoms with E-state index in [1.807, 2.05) is 6.07 Å². The first-order chi connectivity index (χ1) is 14.3. The highest BCUT2D eigenvalue weighted by atomic mass is 127. The molecule has 30 heavy (non-hydrogen) atoms. The van der Waals surface area contributed by atoms with Gasteiger partial charge in [0.2, 0.25) is 3.68 Å². The molecule has 1 aromatic heterocycles. The Balaban J connectivity index is 1.53. The summed E-state index contributed by atoms with van der Waals surface area (Å²) in [7, 11) is 0. The first kappa shape index (κ1) is 21.2. The van der Waals surface area contributed by atoms with Gasteiger partial charge in [0.05, 0.1) is 6.61 Å². The van der Waals surface area contributed by atoms with Crippen molar-refractivity contribution in [3.05, 3.63) is 52.1 Å². The Morgan fingerprint density at radius 2 is 2.27 bits per heavy atom. The topological polar surface area (TPSA) is 126 Å². The molecule has 1 amide bonds. The lowest BCUT2D eigenvalue weighted by Gasteiger charge is -2.23. The summed E-state index contributed by atoms with van der Waals surface area (Å²) in [5.41, 5.74) is 1.63. The van der Waals surface area contributed by atoms with E-state index in [2.05, 4.69) is 15.6 Å². The third-order valence-corrected chi connectivity index (χ3v) is 6.36. The number of hydrogen-bond donors (Lipinski definition) is 4. The van der Waals surface area contributed by atoms with Crippen molar-refractivity contribution in [1.29, 1.82) is 0 Å². The van der Waals surface area contributed by atoms with E-state index in [9.17, 15) is 24.2 Å². The van der Waals surface area contributed by atoms with Crippen molar-refractivity contribution in [3.8, 4) is 0 Å². The maximum atomic E-state index is 14.9. The molecule has 0 aliphatic carbocycles. The Morgan fingerprint density at radius 1 is 1.47 bits per heavy atom. The molecule has 3 heterocycles. The fraction of sp³-hybridized carbons (Fsp3) is 0.421. The Hall–Kier alpha value is -2.09. The molecule has 2 aliphatic rings. The number of amides is 1. The van der Waals surface area contributed by atoms with Crippen LogP contribution in [0.25, 0.3) is 0 Å². The maximum absolute atomic E-state index is 14.9. The predicted molar refractivity (Wildman–Crippen MR) is 115 cm³/mol. The fourth-order valence-electron chi connectivity index (χ4n) is 3.58. The van der Waals surface area contributed by atoms with Gasteiger partial charge in [0.1, 0.15) is 18.0 Å². The number of aromatic nitrogens is 2. The molecule has 0 bridgehead atoms. The number of fused-ring (bicyclic) bond motifs is 1. The molecule has 4 atom stereocenters. The number of rotatable bonds is 4. The van der Waals surface area contributed by atoms with Crippen LogP contribution >= 0.6 is 22.6 Å². The standard InChI is InChI=1S/C19H20FIN4O5/c20-19(21)15(27)13(9-26)30-17(19)25-7-5-14(24-18(25)29)23-16(28)11-3-4-12-10(8-11)2-1-6-22-12/h3-5,7-8,13,15,17,22,26-27H,1-2,6,9H2,(H,23,24,28,29)/t13-,15-,17?,19?/m1/s1. The van der Waals surface area contributed by atoms with Gasteiger partial charge in [-0.05, 0) is 65.3 Å². The average molecular weight is 530 g/mol. The third-order valence-electron chi connectivity index (χ3n) is 5.19. The summed E-state index contributed by atoms with van der Waals surface area (Å²) in [5, 5.41) is 25.0. The normalized spacial score (nSPS) is 27.9. The molecule has 1 aromatic carbocycles. The fourth-order valence-corrected chi connectivity index (χ4v) is 4.43. The quantitative estimate of drug-likeness (QED) is 0.346. The largest absolute Gasteiger partial charge is 0.394 e. The summed E-state index contributed by atoms with van der Waals surface area (Å²) < 4.78 is 18.7. The van der Waals surface area contributed by atoms with Gasteiger partial charge < -0.3 is 25.6 Å². The number of carbonyl (C=O) groups excluding carboxylic acids is 1. The van der Waals surface area contributed by atoms with Gasteiger partial charge in [-0.2, -0.15) is 4.98 Å². The van der Waals surface area contributed by atoms with Gasteiger partial charge >= 0.3 is 5.69 Å². The van der Waals surface area contributed by atoms with Crippen LogP contribution in [0.3, 0.4) is 0 Å². The van der Waals surface area contributed by atoms with Crippen LogP contribution in [-0.2, 0) is 11.2 Å². The maximum Gasteiger partial charge on any atom is 0.351 e. The van der Waals surface area contributed by atoms with E-state index in [1.165, 1.54) is 34.9 Å². The number of nitrogens with zero attached hydrogens (tertiary/aromatic N) is 2. The number of benzene rings is 1. The number of aryl methyl sites for hydroxylation is 1. The third kappa shape index (κ3) is 3.82. The zero-order chi connectivity index (χ0) is 21.5. The first-order valence-electron chi connectivity index (χ1n) is 9.41. The zero-order valence-corrected chi connectivity index (χ0v) is 17.9. The summed E-state index contributed by atoms with van der Waals surface area (Å²) in [6.07, 6.45) is -1.16. The molecule has 0 radical (unpaired) electrons. The second kappa shape index (κ2) is 8.21. The molecule has 160 valence electrons. The van der Waals surface area contributed by atoms with Crippen molar-refractivity contribution in [1.82, 2.24) is 9.55 Å². The summed E-state index contributed by atoms with van der Waals surface area (Å²) >= 11 is 1.35. The number of aliphatic hydroxyl groups is 2. The predicted octanol–water partition coefficient (Wildman–Crippen LogP) is 1.21. The van der Waals surface area contributed by atoms with Gasteiger partial charge in [-0.3, -0.25) is 9.36 Å². The second-order valence-corrected chi connectivity index (χ2v) is 8.84. The van der Waals surface area contributed by atoms with Gasteiger partial charge in [-0.25, -0.2) is 9.18 Å².